The minimum Gasteiger partial charge on any atom is -0.333 e. The summed E-state index contributed by atoms with van der Waals surface area (Å²) in [5.74, 6) is -0.135. The Hall–Kier alpha value is -2.17. The SMILES string of the molecule is C=CCC(=O)C(C)(C)C(C)(C)C(=O)NC=C.C=CNC(=O)C(C)C. The lowest BCUT2D eigenvalue weighted by molar-refractivity contribution is -0.144. The highest BCUT2D eigenvalue weighted by molar-refractivity contribution is 5.94. The van der Waals surface area contributed by atoms with Crippen molar-refractivity contribution in [2.24, 2.45) is 16.7 Å². The van der Waals surface area contributed by atoms with Gasteiger partial charge in [0.05, 0.1) is 5.41 Å². The molecule has 5 nitrogen and oxygen atoms in total. The molecule has 0 aromatic carbocycles. The van der Waals surface area contributed by atoms with Gasteiger partial charge in [0.1, 0.15) is 5.78 Å². The second kappa shape index (κ2) is 10.6. The fourth-order valence-electron chi connectivity index (χ4n) is 1.56. The van der Waals surface area contributed by atoms with Crippen molar-refractivity contribution in [3.63, 3.8) is 0 Å². The average molecular weight is 336 g/mol. The maximum atomic E-state index is 11.9. The zero-order valence-corrected chi connectivity index (χ0v) is 15.9. The molecule has 2 N–H and O–H groups in total. The van der Waals surface area contributed by atoms with Gasteiger partial charge in [0.25, 0.3) is 0 Å². The third kappa shape index (κ3) is 6.94. The van der Waals surface area contributed by atoms with Crippen LogP contribution in [0, 0.1) is 16.7 Å². The number of hydrogen-bond acceptors (Lipinski definition) is 3. The predicted octanol–water partition coefficient (Wildman–Crippen LogP) is 3.35. The minimum absolute atomic E-state index is 0.00622. The molecule has 0 aliphatic carbocycles. The summed E-state index contributed by atoms with van der Waals surface area (Å²) in [5, 5.41) is 5.01. The predicted molar refractivity (Wildman–Crippen MR) is 98.9 cm³/mol. The van der Waals surface area contributed by atoms with Crippen molar-refractivity contribution in [3.8, 4) is 0 Å². The Morgan fingerprint density at radius 2 is 1.38 bits per heavy atom. The quantitative estimate of drug-likeness (QED) is 0.668. The van der Waals surface area contributed by atoms with Gasteiger partial charge in [-0.25, -0.2) is 0 Å². The summed E-state index contributed by atoms with van der Waals surface area (Å²) in [4.78, 5) is 34.4. The Balaban J connectivity index is 0. The van der Waals surface area contributed by atoms with Gasteiger partial charge in [-0.3, -0.25) is 14.4 Å². The highest BCUT2D eigenvalue weighted by atomic mass is 16.2. The van der Waals surface area contributed by atoms with Gasteiger partial charge in [-0.05, 0) is 12.4 Å². The van der Waals surface area contributed by atoms with Crippen molar-refractivity contribution in [2.45, 2.75) is 48.0 Å². The van der Waals surface area contributed by atoms with Crippen LogP contribution in [-0.2, 0) is 14.4 Å². The maximum absolute atomic E-state index is 11.9. The van der Waals surface area contributed by atoms with E-state index in [4.69, 9.17) is 0 Å². The summed E-state index contributed by atoms with van der Waals surface area (Å²) in [6, 6.07) is 0. The van der Waals surface area contributed by atoms with Gasteiger partial charge >= 0.3 is 0 Å². The number of carbonyl (C=O) groups excluding carboxylic acids is 3. The molecule has 0 fully saturated rings. The van der Waals surface area contributed by atoms with E-state index in [-0.39, 0.29) is 29.9 Å². The topological polar surface area (TPSA) is 75.3 Å². The van der Waals surface area contributed by atoms with E-state index in [1.807, 2.05) is 13.8 Å². The molecule has 136 valence electrons. The van der Waals surface area contributed by atoms with Crippen LogP contribution >= 0.6 is 0 Å². The van der Waals surface area contributed by atoms with Gasteiger partial charge in [-0.1, -0.05) is 60.8 Å². The van der Waals surface area contributed by atoms with Crippen molar-refractivity contribution in [1.82, 2.24) is 10.6 Å². The molecule has 5 heteroatoms. The van der Waals surface area contributed by atoms with Gasteiger partial charge < -0.3 is 10.6 Å². The van der Waals surface area contributed by atoms with Gasteiger partial charge in [0, 0.05) is 17.8 Å². The van der Waals surface area contributed by atoms with Gasteiger partial charge in [-0.2, -0.15) is 0 Å². The van der Waals surface area contributed by atoms with Gasteiger partial charge in [-0.15, -0.1) is 6.58 Å². The number of carbonyl (C=O) groups is 3. The van der Waals surface area contributed by atoms with E-state index >= 15 is 0 Å². The molecular formula is C19H32N2O3. The minimum atomic E-state index is -0.790. The molecule has 0 heterocycles. The van der Waals surface area contributed by atoms with Crippen LogP contribution in [0.15, 0.2) is 38.2 Å². The molecule has 0 saturated carbocycles. The first-order chi connectivity index (χ1) is 10.9. The lowest BCUT2D eigenvalue weighted by atomic mass is 9.64. The Bertz CT molecular complexity index is 457. The number of Topliss-reactive ketones (excluding diaryl/α,β-unsaturated/α-hetero) is 1. The van der Waals surface area contributed by atoms with Crippen LogP contribution in [0.2, 0.25) is 0 Å². The Morgan fingerprint density at radius 1 is 0.917 bits per heavy atom. The molecule has 0 aliphatic rings. The first-order valence-electron chi connectivity index (χ1n) is 7.87. The summed E-state index contributed by atoms with van der Waals surface area (Å²) in [7, 11) is 0. The van der Waals surface area contributed by atoms with Crippen LogP contribution in [0.4, 0.5) is 0 Å². The number of allylic oxidation sites excluding steroid dienone is 1. The molecular weight excluding hydrogens is 304 g/mol. The molecule has 0 radical (unpaired) electrons. The molecule has 0 aromatic rings. The highest BCUT2D eigenvalue weighted by Crippen LogP contribution is 2.40. The molecule has 0 atom stereocenters. The van der Waals surface area contributed by atoms with E-state index in [2.05, 4.69) is 30.4 Å². The van der Waals surface area contributed by atoms with E-state index < -0.39 is 10.8 Å². The summed E-state index contributed by atoms with van der Waals surface area (Å²) in [6.45, 7) is 21.1. The number of amides is 2. The number of nitrogens with one attached hydrogen (secondary N) is 2. The van der Waals surface area contributed by atoms with Crippen LogP contribution < -0.4 is 10.6 Å². The van der Waals surface area contributed by atoms with Crippen molar-refractivity contribution >= 4 is 17.6 Å². The fraction of sp³-hybridized carbons (Fsp3) is 0.526. The smallest absolute Gasteiger partial charge is 0.230 e. The maximum Gasteiger partial charge on any atom is 0.230 e. The van der Waals surface area contributed by atoms with Crippen LogP contribution in [0.5, 0.6) is 0 Å². The third-order valence-electron chi connectivity index (χ3n) is 4.16. The summed E-state index contributed by atoms with van der Waals surface area (Å²) < 4.78 is 0. The molecule has 0 unspecified atom stereocenters. The van der Waals surface area contributed by atoms with E-state index in [1.165, 1.54) is 12.4 Å². The Morgan fingerprint density at radius 3 is 1.67 bits per heavy atom. The first-order valence-corrected chi connectivity index (χ1v) is 7.87. The monoisotopic (exact) mass is 336 g/mol. The zero-order chi connectivity index (χ0) is 19.6. The first kappa shape index (κ1) is 24.1. The van der Waals surface area contributed by atoms with Crippen molar-refractivity contribution in [2.75, 3.05) is 0 Å². The van der Waals surface area contributed by atoms with Gasteiger partial charge in [0.2, 0.25) is 11.8 Å². The molecule has 0 bridgehead atoms. The van der Waals surface area contributed by atoms with Crippen molar-refractivity contribution in [1.29, 1.82) is 0 Å². The van der Waals surface area contributed by atoms with Crippen molar-refractivity contribution < 1.29 is 14.4 Å². The standard InChI is InChI=1S/C13H21NO2.C6H11NO/c1-7-9-10(15)12(3,4)13(5,6)11(16)14-8-2;1-4-7-6(8)5(2)3/h7-8H,1-2,9H2,3-6H3,(H,14,16);4-5H,1H2,2-3H3,(H,7,8). The second-order valence-electron chi connectivity index (χ2n) is 6.71. The second-order valence-corrected chi connectivity index (χ2v) is 6.71. The summed E-state index contributed by atoms with van der Waals surface area (Å²) in [5.41, 5.74) is -1.53. The third-order valence-corrected chi connectivity index (χ3v) is 4.16. The Kier molecular flexibility index (Phi) is 10.6. The molecule has 24 heavy (non-hydrogen) atoms. The van der Waals surface area contributed by atoms with E-state index in [1.54, 1.807) is 33.8 Å². The Labute approximate surface area is 146 Å². The van der Waals surface area contributed by atoms with Crippen LogP contribution in [0.1, 0.15) is 48.0 Å². The molecule has 2 amide bonds. The molecule has 0 aliphatic heterocycles. The zero-order valence-electron chi connectivity index (χ0n) is 15.9. The molecule has 0 rings (SSSR count). The fourth-order valence-corrected chi connectivity index (χ4v) is 1.56. The molecule has 0 aromatic heterocycles. The highest BCUT2D eigenvalue weighted by Gasteiger charge is 2.46. The largest absolute Gasteiger partial charge is 0.333 e. The summed E-state index contributed by atoms with van der Waals surface area (Å²) in [6.07, 6.45) is 4.56. The van der Waals surface area contributed by atoms with E-state index in [0.717, 1.165) is 0 Å². The van der Waals surface area contributed by atoms with E-state index in [9.17, 15) is 14.4 Å². The van der Waals surface area contributed by atoms with Crippen LogP contribution in [-0.4, -0.2) is 17.6 Å². The number of hydrogen-bond donors (Lipinski definition) is 2. The van der Waals surface area contributed by atoms with Gasteiger partial charge in [0.15, 0.2) is 0 Å². The van der Waals surface area contributed by atoms with Crippen LogP contribution in [0.3, 0.4) is 0 Å². The lowest BCUT2D eigenvalue weighted by Gasteiger charge is -2.38. The number of rotatable bonds is 8. The van der Waals surface area contributed by atoms with E-state index in [0.29, 0.717) is 0 Å². The van der Waals surface area contributed by atoms with Crippen molar-refractivity contribution in [3.05, 3.63) is 38.2 Å². The van der Waals surface area contributed by atoms with Crippen LogP contribution in [0.25, 0.3) is 0 Å². The lowest BCUT2D eigenvalue weighted by Crippen LogP contribution is -2.48. The normalized spacial score (nSPS) is 10.8. The number of ketones is 1. The average Bonchev–Trinajstić information content (AvgIpc) is 2.48. The molecule has 0 spiro atoms. The molecule has 0 saturated heterocycles. The summed E-state index contributed by atoms with van der Waals surface area (Å²) >= 11 is 0.